The first-order valence-corrected chi connectivity index (χ1v) is 5.79. The average molecular weight is 269 g/mol. The van der Waals surface area contributed by atoms with Crippen LogP contribution in [0.2, 0.25) is 5.02 Å². The number of amides is 2. The zero-order chi connectivity index (χ0) is 12.4. The number of carbonyl (C=O) groups is 2. The van der Waals surface area contributed by atoms with Crippen LogP contribution < -0.4 is 10.2 Å². The van der Waals surface area contributed by atoms with Gasteiger partial charge in [0.05, 0.1) is 5.69 Å². The number of nitrogens with one attached hydrogen (secondary N) is 1. The van der Waals surface area contributed by atoms with Gasteiger partial charge in [0.25, 0.3) is 0 Å². The summed E-state index contributed by atoms with van der Waals surface area (Å²) in [6, 6.07) is 6.70. The minimum absolute atomic E-state index is 0.111. The minimum atomic E-state index is -0.236. The summed E-state index contributed by atoms with van der Waals surface area (Å²) >= 11 is 10.8. The smallest absolute Gasteiger partial charge is 0.233 e. The first-order chi connectivity index (χ1) is 8.08. The summed E-state index contributed by atoms with van der Waals surface area (Å²) in [6.45, 7) is 0. The molecule has 0 aliphatic carbocycles. The Morgan fingerprint density at radius 1 is 1.18 bits per heavy atom. The lowest BCUT2D eigenvalue weighted by atomic mass is 10.2. The Hall–Kier alpha value is -1.46. The van der Waals surface area contributed by atoms with E-state index in [-0.39, 0.29) is 29.8 Å². The summed E-state index contributed by atoms with van der Waals surface area (Å²) in [5, 5.41) is 3.19. The van der Waals surface area contributed by atoms with Crippen molar-refractivity contribution >= 4 is 46.4 Å². The van der Waals surface area contributed by atoms with E-state index in [1.54, 1.807) is 24.3 Å². The molecule has 0 saturated carbocycles. The number of rotatable bonds is 1. The predicted octanol–water partition coefficient (Wildman–Crippen LogP) is 1.87. The van der Waals surface area contributed by atoms with Crippen molar-refractivity contribution in [2.75, 3.05) is 4.90 Å². The van der Waals surface area contributed by atoms with Gasteiger partial charge in [0.15, 0.2) is 5.11 Å². The highest BCUT2D eigenvalue weighted by molar-refractivity contribution is 7.80. The maximum atomic E-state index is 11.9. The van der Waals surface area contributed by atoms with Gasteiger partial charge in [0.1, 0.15) is 0 Å². The van der Waals surface area contributed by atoms with Crippen LogP contribution in [-0.2, 0) is 9.59 Å². The van der Waals surface area contributed by atoms with Gasteiger partial charge in [-0.2, -0.15) is 0 Å². The predicted molar refractivity (Wildman–Crippen MR) is 68.9 cm³/mol. The quantitative estimate of drug-likeness (QED) is 0.791. The Labute approximate surface area is 109 Å². The van der Waals surface area contributed by atoms with E-state index in [1.165, 1.54) is 4.90 Å². The fourth-order valence-electron chi connectivity index (χ4n) is 1.53. The highest BCUT2D eigenvalue weighted by Crippen LogP contribution is 2.20. The number of halogens is 1. The van der Waals surface area contributed by atoms with E-state index < -0.39 is 0 Å². The molecule has 1 aliphatic heterocycles. The second-order valence-corrected chi connectivity index (χ2v) is 4.38. The van der Waals surface area contributed by atoms with Gasteiger partial charge in [0, 0.05) is 17.9 Å². The molecule has 2 amide bonds. The molecule has 0 unspecified atom stereocenters. The standard InChI is InChI=1S/C11H9ClN2O2S/c12-7-1-3-8(4-2-7)14-10(16)6-5-9(15)13-11(14)17/h1-4H,5-6H2,(H,13,15,17). The molecule has 17 heavy (non-hydrogen) atoms. The Morgan fingerprint density at radius 2 is 1.82 bits per heavy atom. The highest BCUT2D eigenvalue weighted by Gasteiger charge is 2.25. The monoisotopic (exact) mass is 268 g/mol. The first-order valence-electron chi connectivity index (χ1n) is 5.00. The molecule has 1 aromatic carbocycles. The second kappa shape index (κ2) is 4.81. The number of benzene rings is 1. The maximum absolute atomic E-state index is 11.9. The van der Waals surface area contributed by atoms with Gasteiger partial charge in [0.2, 0.25) is 11.8 Å². The van der Waals surface area contributed by atoms with Crippen LogP contribution >= 0.6 is 23.8 Å². The Bertz CT molecular complexity index is 487. The molecule has 0 bridgehead atoms. The zero-order valence-electron chi connectivity index (χ0n) is 8.77. The summed E-state index contributed by atoms with van der Waals surface area (Å²) in [7, 11) is 0. The van der Waals surface area contributed by atoms with Crippen LogP contribution in [0.25, 0.3) is 0 Å². The van der Waals surface area contributed by atoms with Crippen molar-refractivity contribution in [2.24, 2.45) is 0 Å². The first kappa shape index (κ1) is 12.0. The molecule has 0 atom stereocenters. The van der Waals surface area contributed by atoms with Crippen LogP contribution in [0, 0.1) is 0 Å². The molecule has 6 heteroatoms. The molecule has 88 valence electrons. The number of nitrogens with zero attached hydrogens (tertiary/aromatic N) is 1. The van der Waals surface area contributed by atoms with E-state index in [2.05, 4.69) is 5.32 Å². The van der Waals surface area contributed by atoms with E-state index in [9.17, 15) is 9.59 Å². The molecule has 1 N–H and O–H groups in total. The van der Waals surface area contributed by atoms with Crippen molar-refractivity contribution in [3.63, 3.8) is 0 Å². The third-order valence-electron chi connectivity index (χ3n) is 2.35. The fraction of sp³-hybridized carbons (Fsp3) is 0.182. The van der Waals surface area contributed by atoms with Gasteiger partial charge in [-0.05, 0) is 36.5 Å². The van der Waals surface area contributed by atoms with E-state index in [0.29, 0.717) is 10.7 Å². The molecule has 4 nitrogen and oxygen atoms in total. The number of carbonyl (C=O) groups excluding carboxylic acids is 2. The van der Waals surface area contributed by atoms with Gasteiger partial charge >= 0.3 is 0 Å². The van der Waals surface area contributed by atoms with Crippen LogP contribution in [0.15, 0.2) is 24.3 Å². The Balaban J connectivity index is 2.34. The summed E-state index contributed by atoms with van der Waals surface area (Å²) in [4.78, 5) is 24.5. The van der Waals surface area contributed by atoms with E-state index >= 15 is 0 Å². The molecule has 0 spiro atoms. The molecule has 1 aromatic rings. The number of anilines is 1. The lowest BCUT2D eigenvalue weighted by Crippen LogP contribution is -2.42. The largest absolute Gasteiger partial charge is 0.302 e. The second-order valence-electron chi connectivity index (χ2n) is 3.56. The van der Waals surface area contributed by atoms with Crippen LogP contribution in [0.4, 0.5) is 5.69 Å². The Morgan fingerprint density at radius 3 is 2.47 bits per heavy atom. The highest BCUT2D eigenvalue weighted by atomic mass is 35.5. The van der Waals surface area contributed by atoms with Crippen LogP contribution in [-0.4, -0.2) is 16.9 Å². The molecular formula is C11H9ClN2O2S. The van der Waals surface area contributed by atoms with Crippen LogP contribution in [0.5, 0.6) is 0 Å². The topological polar surface area (TPSA) is 49.4 Å². The number of hydrogen-bond donors (Lipinski definition) is 1. The van der Waals surface area contributed by atoms with E-state index in [1.807, 2.05) is 0 Å². The summed E-state index contributed by atoms with van der Waals surface area (Å²) in [6.07, 6.45) is 0.303. The van der Waals surface area contributed by atoms with Crippen LogP contribution in [0.3, 0.4) is 0 Å². The molecule has 1 heterocycles. The zero-order valence-corrected chi connectivity index (χ0v) is 10.3. The maximum Gasteiger partial charge on any atom is 0.233 e. The van der Waals surface area contributed by atoms with Crippen molar-refractivity contribution in [1.29, 1.82) is 0 Å². The van der Waals surface area contributed by atoms with Crippen molar-refractivity contribution in [3.05, 3.63) is 29.3 Å². The molecule has 0 radical (unpaired) electrons. The third-order valence-corrected chi connectivity index (χ3v) is 2.89. The summed E-state index contributed by atoms with van der Waals surface area (Å²) < 4.78 is 0. The molecule has 1 aliphatic rings. The molecule has 0 aromatic heterocycles. The van der Waals surface area contributed by atoms with Gasteiger partial charge < -0.3 is 5.32 Å². The van der Waals surface area contributed by atoms with Gasteiger partial charge in [-0.3, -0.25) is 14.5 Å². The number of hydrogen-bond acceptors (Lipinski definition) is 3. The average Bonchev–Trinajstić information content (AvgIpc) is 2.40. The fourth-order valence-corrected chi connectivity index (χ4v) is 1.98. The third kappa shape index (κ3) is 2.62. The molecular weight excluding hydrogens is 260 g/mol. The van der Waals surface area contributed by atoms with Crippen molar-refractivity contribution in [1.82, 2.24) is 5.32 Å². The lowest BCUT2D eigenvalue weighted by molar-refractivity contribution is -0.122. The van der Waals surface area contributed by atoms with Gasteiger partial charge in [-0.25, -0.2) is 0 Å². The SMILES string of the molecule is O=C1CCC(=O)N(c2ccc(Cl)cc2)C(=S)N1. The normalized spacial score (nSPS) is 16.8. The minimum Gasteiger partial charge on any atom is -0.302 e. The van der Waals surface area contributed by atoms with Crippen molar-refractivity contribution in [3.8, 4) is 0 Å². The van der Waals surface area contributed by atoms with E-state index in [0.717, 1.165) is 0 Å². The van der Waals surface area contributed by atoms with Crippen LogP contribution in [0.1, 0.15) is 12.8 Å². The van der Waals surface area contributed by atoms with Crippen molar-refractivity contribution < 1.29 is 9.59 Å². The molecule has 1 fully saturated rings. The lowest BCUT2D eigenvalue weighted by Gasteiger charge is -2.20. The summed E-state index contributed by atoms with van der Waals surface area (Å²) in [5.41, 5.74) is 0.603. The van der Waals surface area contributed by atoms with Gasteiger partial charge in [-0.1, -0.05) is 11.6 Å². The number of thiocarbonyl (C=S) groups is 1. The van der Waals surface area contributed by atoms with E-state index in [4.69, 9.17) is 23.8 Å². The summed E-state index contributed by atoms with van der Waals surface area (Å²) in [5.74, 6) is -0.435. The molecule has 1 saturated heterocycles. The van der Waals surface area contributed by atoms with Crippen molar-refractivity contribution in [2.45, 2.75) is 12.8 Å². The Kier molecular flexibility index (Phi) is 3.40. The van der Waals surface area contributed by atoms with Gasteiger partial charge in [-0.15, -0.1) is 0 Å². The molecule has 2 rings (SSSR count).